The number of thiophene rings is 1. The van der Waals surface area contributed by atoms with Crippen molar-refractivity contribution in [3.63, 3.8) is 0 Å². The molecule has 0 saturated carbocycles. The Kier molecular flexibility index (Phi) is 2.86. The zero-order valence-corrected chi connectivity index (χ0v) is 10.5. The van der Waals surface area contributed by atoms with Crippen molar-refractivity contribution >= 4 is 22.7 Å². The van der Waals surface area contributed by atoms with Crippen molar-refractivity contribution in [3.05, 3.63) is 49.9 Å². The number of hydrogen-bond acceptors (Lipinski definition) is 3. The van der Waals surface area contributed by atoms with E-state index in [-0.39, 0.29) is 22.4 Å². The maximum atomic E-state index is 13.7. The zero-order valence-electron chi connectivity index (χ0n) is 9.67. The summed E-state index contributed by atoms with van der Waals surface area (Å²) >= 11 is 0.869. The van der Waals surface area contributed by atoms with Crippen LogP contribution in [0.5, 0.6) is 0 Å². The van der Waals surface area contributed by atoms with Crippen LogP contribution < -0.4 is 0 Å². The lowest BCUT2D eigenvalue weighted by Crippen LogP contribution is -1.96. The fourth-order valence-electron chi connectivity index (χ4n) is 2.06. The van der Waals surface area contributed by atoms with E-state index >= 15 is 0 Å². The summed E-state index contributed by atoms with van der Waals surface area (Å²) in [5, 5.41) is 8.41. The summed E-state index contributed by atoms with van der Waals surface area (Å²) in [4.78, 5) is 15.8. The molecular weight excluding hydrogens is 251 g/mol. The highest BCUT2D eigenvalue weighted by Crippen LogP contribution is 2.45. The van der Waals surface area contributed by atoms with Gasteiger partial charge in [0.2, 0.25) is 0 Å². The van der Waals surface area contributed by atoms with Gasteiger partial charge in [-0.1, -0.05) is 6.08 Å². The minimum Gasteiger partial charge on any atom is -0.288 e. The molecule has 5 heteroatoms. The predicted molar refractivity (Wildman–Crippen MR) is 66.2 cm³/mol. The highest BCUT2D eigenvalue weighted by molar-refractivity contribution is 7.11. The van der Waals surface area contributed by atoms with Gasteiger partial charge in [0, 0.05) is 21.6 Å². The third kappa shape index (κ3) is 1.42. The Bertz CT molecular complexity index is 695. The van der Waals surface area contributed by atoms with E-state index < -0.39 is 10.9 Å². The third-order valence-electron chi connectivity index (χ3n) is 2.78. The van der Waals surface area contributed by atoms with Crippen LogP contribution in [0.25, 0.3) is 10.4 Å². The number of carbonyl (C=O) groups is 1. The van der Waals surface area contributed by atoms with E-state index in [2.05, 4.69) is 4.85 Å². The second kappa shape index (κ2) is 4.21. The maximum absolute atomic E-state index is 13.7. The van der Waals surface area contributed by atoms with Crippen LogP contribution >= 0.6 is 11.3 Å². The average molecular weight is 258 g/mol. The number of hydrogen-bond donors (Lipinski definition) is 0. The summed E-state index contributed by atoms with van der Waals surface area (Å²) in [7, 11) is 0. The van der Waals surface area contributed by atoms with E-state index in [1.54, 1.807) is 19.9 Å². The second-order valence-electron chi connectivity index (χ2n) is 3.66. The van der Waals surface area contributed by atoms with Crippen molar-refractivity contribution in [3.8, 4) is 6.07 Å². The van der Waals surface area contributed by atoms with Crippen molar-refractivity contribution in [1.82, 2.24) is 0 Å². The molecule has 0 unspecified atom stereocenters. The first-order valence-corrected chi connectivity index (χ1v) is 5.90. The molecule has 1 aliphatic rings. The van der Waals surface area contributed by atoms with Gasteiger partial charge in [0.05, 0.1) is 18.2 Å². The lowest BCUT2D eigenvalue weighted by atomic mass is 10.0. The smallest absolute Gasteiger partial charge is 0.270 e. The Morgan fingerprint density at radius 2 is 2.22 bits per heavy atom. The highest BCUT2D eigenvalue weighted by atomic mass is 32.1. The number of rotatable bonds is 0. The number of carbonyl (C=O) groups excluding carboxylic acids is 1. The molecular formula is C13H7FN2OS. The summed E-state index contributed by atoms with van der Waals surface area (Å²) in [6, 6.07) is 1.77. The summed E-state index contributed by atoms with van der Waals surface area (Å²) in [6.45, 7) is 10.3. The van der Waals surface area contributed by atoms with E-state index in [0.29, 0.717) is 10.4 Å². The van der Waals surface area contributed by atoms with Crippen molar-refractivity contribution in [2.75, 3.05) is 0 Å². The Balaban J connectivity index is 2.94. The molecule has 88 valence electrons. The molecule has 1 heterocycles. The molecule has 0 N–H and O–H groups in total. The fraction of sp³-hybridized carbons (Fsp3) is 0.154. The molecule has 0 radical (unpaired) electrons. The first kappa shape index (κ1) is 12.2. The van der Waals surface area contributed by atoms with Gasteiger partial charge in [-0.3, -0.25) is 4.79 Å². The Hall–Kier alpha value is -2.24. The minimum absolute atomic E-state index is 0.00278. The summed E-state index contributed by atoms with van der Waals surface area (Å²) in [5.74, 6) is -0.444. The first-order valence-electron chi connectivity index (χ1n) is 5.09. The molecule has 18 heavy (non-hydrogen) atoms. The van der Waals surface area contributed by atoms with Crippen LogP contribution in [0.3, 0.4) is 0 Å². The van der Waals surface area contributed by atoms with Crippen LogP contribution in [0.1, 0.15) is 27.7 Å². The van der Waals surface area contributed by atoms with Gasteiger partial charge in [-0.15, -0.1) is 11.3 Å². The minimum atomic E-state index is -0.552. The summed E-state index contributed by atoms with van der Waals surface area (Å²) < 4.78 is 13.7. The van der Waals surface area contributed by atoms with Gasteiger partial charge in [0.1, 0.15) is 0 Å². The molecule has 2 rings (SSSR count). The third-order valence-corrected chi connectivity index (χ3v) is 3.67. The lowest BCUT2D eigenvalue weighted by molar-refractivity contribution is 0.104. The predicted octanol–water partition coefficient (Wildman–Crippen LogP) is 3.49. The molecule has 0 saturated heterocycles. The van der Waals surface area contributed by atoms with Crippen molar-refractivity contribution in [2.45, 2.75) is 13.8 Å². The number of ketones is 1. The van der Waals surface area contributed by atoms with Gasteiger partial charge in [-0.2, -0.15) is 4.39 Å². The van der Waals surface area contributed by atoms with Gasteiger partial charge >= 0.3 is 0 Å². The molecule has 0 spiro atoms. The molecule has 0 aliphatic heterocycles. The second-order valence-corrected chi connectivity index (χ2v) is 4.84. The lowest BCUT2D eigenvalue weighted by Gasteiger charge is -2.01. The van der Waals surface area contributed by atoms with Gasteiger partial charge in [0.15, 0.2) is 10.9 Å². The van der Waals surface area contributed by atoms with Gasteiger partial charge in [0.25, 0.3) is 5.70 Å². The number of halogens is 1. The normalized spacial score (nSPS) is 18.5. The van der Waals surface area contributed by atoms with E-state index in [1.165, 1.54) is 6.08 Å². The number of nitrogens with zero attached hydrogens (tertiary/aromatic N) is 2. The van der Waals surface area contributed by atoms with Crippen molar-refractivity contribution < 1.29 is 9.18 Å². The topological polar surface area (TPSA) is 45.2 Å². The van der Waals surface area contributed by atoms with Crippen LogP contribution in [0.2, 0.25) is 0 Å². The van der Waals surface area contributed by atoms with E-state index in [1.807, 2.05) is 0 Å². The molecule has 0 aromatic carbocycles. The van der Waals surface area contributed by atoms with Crippen LogP contribution in [0, 0.1) is 30.0 Å². The summed E-state index contributed by atoms with van der Waals surface area (Å²) in [6.07, 6.45) is 1.52. The fourth-order valence-corrected chi connectivity index (χ4v) is 2.93. The standard InChI is InChI=1S/C13H7FN2OS/c1-4-7-10(8(5-15)16-3)9-6(2)18-13(14)11(9)12(7)17/h4H,1-2H3/b7-4-,10-8?. The number of fused-ring (bicyclic) bond motifs is 1. The van der Waals surface area contributed by atoms with E-state index in [9.17, 15) is 9.18 Å². The Labute approximate surface area is 107 Å². The molecule has 0 bridgehead atoms. The van der Waals surface area contributed by atoms with Gasteiger partial charge in [-0.05, 0) is 13.8 Å². The molecule has 0 atom stereocenters. The van der Waals surface area contributed by atoms with E-state index in [0.717, 1.165) is 11.3 Å². The largest absolute Gasteiger partial charge is 0.288 e. The molecule has 1 aromatic heterocycles. The Morgan fingerprint density at radius 1 is 1.56 bits per heavy atom. The van der Waals surface area contributed by atoms with Gasteiger partial charge in [-0.25, -0.2) is 10.1 Å². The quantitative estimate of drug-likeness (QED) is 0.406. The average Bonchev–Trinajstić information content (AvgIpc) is 2.79. The number of nitriles is 1. The van der Waals surface area contributed by atoms with Crippen LogP contribution in [-0.2, 0) is 0 Å². The van der Waals surface area contributed by atoms with Crippen molar-refractivity contribution in [1.29, 1.82) is 5.26 Å². The monoisotopic (exact) mass is 258 g/mol. The summed E-state index contributed by atoms with van der Waals surface area (Å²) in [5.41, 5.74) is 0.742. The van der Waals surface area contributed by atoms with Crippen LogP contribution in [0.15, 0.2) is 17.3 Å². The first-order chi connectivity index (χ1) is 8.56. The molecule has 0 amide bonds. The molecule has 3 nitrogen and oxygen atoms in total. The Morgan fingerprint density at radius 3 is 2.72 bits per heavy atom. The van der Waals surface area contributed by atoms with Crippen LogP contribution in [-0.4, -0.2) is 5.78 Å². The number of Topliss-reactive ketones (excluding diaryl/α,β-unsaturated/α-hetero) is 1. The van der Waals surface area contributed by atoms with Crippen molar-refractivity contribution in [2.24, 2.45) is 0 Å². The maximum Gasteiger partial charge on any atom is 0.270 e. The van der Waals surface area contributed by atoms with Crippen LogP contribution in [0.4, 0.5) is 4.39 Å². The highest BCUT2D eigenvalue weighted by Gasteiger charge is 2.37. The molecule has 0 fully saturated rings. The van der Waals surface area contributed by atoms with Gasteiger partial charge < -0.3 is 0 Å². The van der Waals surface area contributed by atoms with E-state index in [4.69, 9.17) is 11.8 Å². The zero-order chi connectivity index (χ0) is 13.4. The SMILES string of the molecule is [C-]#[N+]C(C#N)=C1/C(=C/C)C(=O)c2c(F)sc(C)c21. The number of allylic oxidation sites excluding steroid dienone is 4. The molecule has 1 aromatic rings. The molecule has 1 aliphatic carbocycles. The number of aryl methyl sites for hydroxylation is 1.